The van der Waals surface area contributed by atoms with Crippen LogP contribution in [0.2, 0.25) is 5.02 Å². The third-order valence-electron chi connectivity index (χ3n) is 4.88. The van der Waals surface area contributed by atoms with Crippen LogP contribution in [0.3, 0.4) is 0 Å². The monoisotopic (exact) mass is 416 g/mol. The van der Waals surface area contributed by atoms with Gasteiger partial charge in [-0.3, -0.25) is 0 Å². The van der Waals surface area contributed by atoms with Crippen molar-refractivity contribution in [2.75, 3.05) is 0 Å². The number of esters is 1. The predicted molar refractivity (Wildman–Crippen MR) is 125 cm³/mol. The number of hydrogen-bond donors (Lipinski definition) is 0. The highest BCUT2D eigenvalue weighted by Gasteiger charge is 2.13. The highest BCUT2D eigenvalue weighted by Crippen LogP contribution is 2.25. The Morgan fingerprint density at radius 3 is 1.90 bits per heavy atom. The van der Waals surface area contributed by atoms with Gasteiger partial charge in [-0.15, -0.1) is 13.2 Å². The van der Waals surface area contributed by atoms with Crippen LogP contribution < -0.4 is 4.74 Å². The Balaban J connectivity index is 1.66. The van der Waals surface area contributed by atoms with E-state index in [9.17, 15) is 4.79 Å². The molecule has 0 aliphatic carbocycles. The first-order valence-electron chi connectivity index (χ1n) is 10.0. The van der Waals surface area contributed by atoms with Crippen LogP contribution in [0, 0.1) is 0 Å². The van der Waals surface area contributed by atoms with Gasteiger partial charge in [0.1, 0.15) is 5.75 Å². The smallest absolute Gasteiger partial charge is 0.345 e. The van der Waals surface area contributed by atoms with Crippen molar-refractivity contribution in [3.63, 3.8) is 0 Å². The maximum Gasteiger partial charge on any atom is 0.345 e. The molecule has 0 spiro atoms. The number of ether oxygens (including phenoxy) is 1. The SMILES string of the molecule is C=CCCc1ccc(-c2ccc(OC(=O)c3ccc(CCC=C)cc3Cl)cc2)cc1. The topological polar surface area (TPSA) is 26.3 Å². The Bertz CT molecular complexity index is 1020. The normalized spacial score (nSPS) is 10.4. The molecular weight excluding hydrogens is 392 g/mol. The van der Waals surface area contributed by atoms with Gasteiger partial charge in [0, 0.05) is 0 Å². The van der Waals surface area contributed by atoms with E-state index in [2.05, 4.69) is 37.4 Å². The van der Waals surface area contributed by atoms with Crippen molar-refractivity contribution in [2.45, 2.75) is 25.7 Å². The molecule has 3 rings (SSSR count). The number of carbonyl (C=O) groups excluding carboxylic acids is 1. The molecule has 0 aliphatic rings. The van der Waals surface area contributed by atoms with E-state index in [4.69, 9.17) is 16.3 Å². The Morgan fingerprint density at radius 1 is 0.800 bits per heavy atom. The molecular formula is C27H25ClO2. The molecule has 0 atom stereocenters. The van der Waals surface area contributed by atoms with Crippen molar-refractivity contribution in [3.05, 3.63) is 114 Å². The molecule has 0 amide bonds. The van der Waals surface area contributed by atoms with Crippen molar-refractivity contribution >= 4 is 17.6 Å². The summed E-state index contributed by atoms with van der Waals surface area (Å²) in [4.78, 5) is 12.5. The lowest BCUT2D eigenvalue weighted by Gasteiger charge is -2.09. The van der Waals surface area contributed by atoms with Crippen LogP contribution in [0.1, 0.15) is 34.3 Å². The minimum atomic E-state index is -0.463. The molecule has 0 unspecified atom stereocenters. The second kappa shape index (κ2) is 10.6. The second-order valence-corrected chi connectivity index (χ2v) is 7.49. The number of rotatable bonds is 9. The molecule has 3 aromatic rings. The summed E-state index contributed by atoms with van der Waals surface area (Å²) in [5.74, 6) is 0.0211. The highest BCUT2D eigenvalue weighted by molar-refractivity contribution is 6.33. The molecule has 3 heteroatoms. The Hall–Kier alpha value is -3.10. The first-order chi connectivity index (χ1) is 14.6. The molecule has 0 N–H and O–H groups in total. The highest BCUT2D eigenvalue weighted by atomic mass is 35.5. The van der Waals surface area contributed by atoms with Gasteiger partial charge in [0.15, 0.2) is 0 Å². The Kier molecular flexibility index (Phi) is 7.64. The lowest BCUT2D eigenvalue weighted by Crippen LogP contribution is -2.09. The van der Waals surface area contributed by atoms with Gasteiger partial charge in [0.25, 0.3) is 0 Å². The molecule has 0 bridgehead atoms. The molecule has 0 saturated carbocycles. The van der Waals surface area contributed by atoms with Crippen LogP contribution in [0.5, 0.6) is 5.75 Å². The molecule has 30 heavy (non-hydrogen) atoms. The Labute approximate surface area is 183 Å². The van der Waals surface area contributed by atoms with Gasteiger partial charge in [0.05, 0.1) is 10.6 Å². The summed E-state index contributed by atoms with van der Waals surface area (Å²) in [7, 11) is 0. The first kappa shape index (κ1) is 21.6. The summed E-state index contributed by atoms with van der Waals surface area (Å²) in [5.41, 5.74) is 4.90. The first-order valence-corrected chi connectivity index (χ1v) is 10.4. The summed E-state index contributed by atoms with van der Waals surface area (Å²) in [6.45, 7) is 7.48. The largest absolute Gasteiger partial charge is 0.423 e. The van der Waals surface area contributed by atoms with E-state index in [1.807, 2.05) is 36.4 Å². The summed E-state index contributed by atoms with van der Waals surface area (Å²) < 4.78 is 5.51. The van der Waals surface area contributed by atoms with Gasteiger partial charge in [-0.25, -0.2) is 4.79 Å². The molecule has 3 aromatic carbocycles. The van der Waals surface area contributed by atoms with Crippen LogP contribution in [-0.2, 0) is 12.8 Å². The van der Waals surface area contributed by atoms with Crippen LogP contribution in [0.4, 0.5) is 0 Å². The molecule has 0 saturated heterocycles. The van der Waals surface area contributed by atoms with Gasteiger partial charge in [-0.1, -0.05) is 66.2 Å². The van der Waals surface area contributed by atoms with Gasteiger partial charge in [-0.05, 0) is 72.2 Å². The van der Waals surface area contributed by atoms with Gasteiger partial charge >= 0.3 is 5.97 Å². The predicted octanol–water partition coefficient (Wildman–Crippen LogP) is 7.46. The van der Waals surface area contributed by atoms with Crippen LogP contribution in [-0.4, -0.2) is 5.97 Å². The zero-order chi connectivity index (χ0) is 21.3. The number of hydrogen-bond acceptors (Lipinski definition) is 2. The standard InChI is InChI=1S/C27H25ClO2/c1-3-5-7-20-9-12-22(13-10-20)23-14-16-24(17-15-23)30-27(29)25-18-11-21(8-6-4-2)19-26(25)28/h3-4,9-19H,1-2,5-8H2. The number of halogens is 1. The zero-order valence-corrected chi connectivity index (χ0v) is 17.7. The van der Waals surface area contributed by atoms with Crippen molar-refractivity contribution < 1.29 is 9.53 Å². The van der Waals surface area contributed by atoms with Crippen LogP contribution in [0.15, 0.2) is 92.0 Å². The fourth-order valence-corrected chi connectivity index (χ4v) is 3.44. The quantitative estimate of drug-likeness (QED) is 0.205. The van der Waals surface area contributed by atoms with Crippen molar-refractivity contribution in [2.24, 2.45) is 0 Å². The van der Waals surface area contributed by atoms with Gasteiger partial charge in [0.2, 0.25) is 0 Å². The molecule has 0 fully saturated rings. The van der Waals surface area contributed by atoms with Crippen LogP contribution >= 0.6 is 11.6 Å². The average molecular weight is 417 g/mol. The molecule has 152 valence electrons. The van der Waals surface area contributed by atoms with Crippen LogP contribution in [0.25, 0.3) is 11.1 Å². The van der Waals surface area contributed by atoms with Crippen molar-refractivity contribution in [1.82, 2.24) is 0 Å². The minimum absolute atomic E-state index is 0.359. The summed E-state index contributed by atoms with van der Waals surface area (Å²) in [5, 5.41) is 0.398. The van der Waals surface area contributed by atoms with E-state index in [1.165, 1.54) is 5.56 Å². The lowest BCUT2D eigenvalue weighted by molar-refractivity contribution is 0.0735. The average Bonchev–Trinajstić information content (AvgIpc) is 2.77. The Morgan fingerprint density at radius 2 is 1.33 bits per heavy atom. The van der Waals surface area contributed by atoms with E-state index >= 15 is 0 Å². The van der Waals surface area contributed by atoms with E-state index < -0.39 is 5.97 Å². The molecule has 0 heterocycles. The van der Waals surface area contributed by atoms with E-state index in [-0.39, 0.29) is 0 Å². The fourth-order valence-electron chi connectivity index (χ4n) is 3.16. The van der Waals surface area contributed by atoms with Gasteiger partial charge in [-0.2, -0.15) is 0 Å². The van der Waals surface area contributed by atoms with Crippen molar-refractivity contribution in [3.8, 4) is 16.9 Å². The van der Waals surface area contributed by atoms with Crippen molar-refractivity contribution in [1.29, 1.82) is 0 Å². The van der Waals surface area contributed by atoms with E-state index in [1.54, 1.807) is 18.2 Å². The number of carbonyl (C=O) groups is 1. The zero-order valence-electron chi connectivity index (χ0n) is 16.9. The fraction of sp³-hybridized carbons (Fsp3) is 0.148. The molecule has 2 nitrogen and oxygen atoms in total. The van der Waals surface area contributed by atoms with Gasteiger partial charge < -0.3 is 4.74 Å². The minimum Gasteiger partial charge on any atom is -0.423 e. The third-order valence-corrected chi connectivity index (χ3v) is 5.19. The summed E-state index contributed by atoms with van der Waals surface area (Å²) >= 11 is 6.29. The third kappa shape index (κ3) is 5.71. The molecule has 0 aliphatic heterocycles. The number of benzene rings is 3. The molecule has 0 radical (unpaired) electrons. The number of allylic oxidation sites excluding steroid dienone is 2. The number of aryl methyl sites for hydroxylation is 2. The molecule has 0 aromatic heterocycles. The lowest BCUT2D eigenvalue weighted by atomic mass is 10.0. The maximum atomic E-state index is 12.5. The van der Waals surface area contributed by atoms with E-state index in [0.717, 1.165) is 42.4 Å². The maximum absolute atomic E-state index is 12.5. The second-order valence-electron chi connectivity index (χ2n) is 7.08. The summed E-state index contributed by atoms with van der Waals surface area (Å²) in [6.07, 6.45) is 7.46. The van der Waals surface area contributed by atoms with E-state index in [0.29, 0.717) is 16.3 Å². The summed E-state index contributed by atoms with van der Waals surface area (Å²) in [6, 6.07) is 21.4.